The van der Waals surface area contributed by atoms with Crippen LogP contribution in [0.2, 0.25) is 0 Å². The van der Waals surface area contributed by atoms with E-state index >= 15 is 0 Å². The van der Waals surface area contributed by atoms with E-state index in [9.17, 15) is 9.59 Å². The Bertz CT molecular complexity index is 762. The normalized spacial score (nSPS) is 11.6. The number of carbonyl (C=O) groups is 2. The van der Waals surface area contributed by atoms with Crippen LogP contribution in [0.1, 0.15) is 24.5 Å². The number of rotatable bonds is 11. The molecule has 0 aliphatic carbocycles. The zero-order valence-electron chi connectivity index (χ0n) is 17.4. The quantitative estimate of drug-likeness (QED) is 0.591. The third-order valence-corrected chi connectivity index (χ3v) is 4.69. The molecule has 2 rings (SSSR count). The van der Waals surface area contributed by atoms with Gasteiger partial charge in [-0.2, -0.15) is 0 Å². The Hall–Kier alpha value is -2.86. The number of ether oxygens (including phenoxy) is 2. The first-order valence-electron chi connectivity index (χ1n) is 9.76. The van der Waals surface area contributed by atoms with E-state index in [1.54, 1.807) is 19.1 Å². The highest BCUT2D eigenvalue weighted by atomic mass is 16.5. The first kappa shape index (κ1) is 22.4. The van der Waals surface area contributed by atoms with Crippen LogP contribution in [0.15, 0.2) is 54.6 Å². The number of hydrogen-bond acceptors (Lipinski definition) is 4. The van der Waals surface area contributed by atoms with Crippen LogP contribution in [0, 0.1) is 0 Å². The maximum Gasteiger partial charge on any atom is 0.243 e. The average molecular weight is 399 g/mol. The Morgan fingerprint density at radius 1 is 1.00 bits per heavy atom. The molecule has 2 amide bonds. The summed E-state index contributed by atoms with van der Waals surface area (Å²) >= 11 is 0. The Morgan fingerprint density at radius 2 is 1.69 bits per heavy atom. The van der Waals surface area contributed by atoms with Crippen LogP contribution in [-0.2, 0) is 27.3 Å². The second-order valence-electron chi connectivity index (χ2n) is 6.84. The van der Waals surface area contributed by atoms with Crippen molar-refractivity contribution >= 4 is 11.8 Å². The van der Waals surface area contributed by atoms with Crippen molar-refractivity contribution in [1.29, 1.82) is 0 Å². The largest absolute Gasteiger partial charge is 0.497 e. The lowest BCUT2D eigenvalue weighted by molar-refractivity contribution is -0.139. The lowest BCUT2D eigenvalue weighted by atomic mass is 10.0. The maximum atomic E-state index is 13.0. The zero-order chi connectivity index (χ0) is 21.1. The van der Waals surface area contributed by atoms with Gasteiger partial charge in [0.25, 0.3) is 0 Å². The van der Waals surface area contributed by atoms with Crippen molar-refractivity contribution in [3.63, 3.8) is 0 Å². The van der Waals surface area contributed by atoms with Crippen LogP contribution < -0.4 is 10.1 Å². The van der Waals surface area contributed by atoms with Crippen LogP contribution in [-0.4, -0.2) is 50.1 Å². The zero-order valence-corrected chi connectivity index (χ0v) is 17.4. The Labute approximate surface area is 172 Å². The van der Waals surface area contributed by atoms with E-state index in [2.05, 4.69) is 5.32 Å². The number of benzene rings is 2. The van der Waals surface area contributed by atoms with Crippen molar-refractivity contribution in [2.45, 2.75) is 32.4 Å². The minimum atomic E-state index is -0.598. The number of amides is 2. The monoisotopic (exact) mass is 398 g/mol. The standard InChI is InChI=1S/C23H30N2O4/c1-18(26)25(17-20-10-12-21(29-3)13-11-20)22(16-19-8-5-4-6-9-19)23(27)24-14-7-15-28-2/h4-6,8-13,22H,7,14-17H2,1-3H3,(H,24,27). The van der Waals surface area contributed by atoms with Crippen LogP contribution >= 0.6 is 0 Å². The van der Waals surface area contributed by atoms with Gasteiger partial charge in [-0.15, -0.1) is 0 Å². The smallest absolute Gasteiger partial charge is 0.243 e. The molecule has 0 fully saturated rings. The van der Waals surface area contributed by atoms with E-state index in [1.807, 2.05) is 54.6 Å². The van der Waals surface area contributed by atoms with E-state index < -0.39 is 6.04 Å². The Morgan fingerprint density at radius 3 is 2.28 bits per heavy atom. The Kier molecular flexibility index (Phi) is 9.18. The van der Waals surface area contributed by atoms with Crippen molar-refractivity contribution < 1.29 is 19.1 Å². The molecule has 0 saturated heterocycles. The van der Waals surface area contributed by atoms with Gasteiger partial charge in [0.2, 0.25) is 11.8 Å². The molecular formula is C23H30N2O4. The summed E-state index contributed by atoms with van der Waals surface area (Å²) in [5.41, 5.74) is 1.94. The van der Waals surface area contributed by atoms with Crippen molar-refractivity contribution in [3.8, 4) is 5.75 Å². The molecule has 0 aliphatic heterocycles. The fourth-order valence-electron chi connectivity index (χ4n) is 3.10. The fraction of sp³-hybridized carbons (Fsp3) is 0.391. The number of carbonyl (C=O) groups excluding carboxylic acids is 2. The number of hydrogen-bond donors (Lipinski definition) is 1. The van der Waals surface area contributed by atoms with Crippen LogP contribution in [0.3, 0.4) is 0 Å². The molecule has 0 spiro atoms. The molecule has 1 atom stereocenters. The summed E-state index contributed by atoms with van der Waals surface area (Å²) in [7, 11) is 3.24. The van der Waals surface area contributed by atoms with Gasteiger partial charge in [-0.25, -0.2) is 0 Å². The van der Waals surface area contributed by atoms with Crippen LogP contribution in [0.5, 0.6) is 5.75 Å². The second kappa shape index (κ2) is 11.9. The molecule has 0 radical (unpaired) electrons. The van der Waals surface area contributed by atoms with Gasteiger partial charge in [0.05, 0.1) is 7.11 Å². The molecule has 29 heavy (non-hydrogen) atoms. The molecule has 0 aliphatic rings. The molecule has 0 aromatic heterocycles. The molecule has 156 valence electrons. The van der Waals surface area contributed by atoms with Gasteiger partial charge in [-0.1, -0.05) is 42.5 Å². The summed E-state index contributed by atoms with van der Waals surface area (Å²) in [6, 6.07) is 16.7. The summed E-state index contributed by atoms with van der Waals surface area (Å²) in [6.07, 6.45) is 1.17. The highest BCUT2D eigenvalue weighted by molar-refractivity contribution is 5.87. The van der Waals surface area contributed by atoms with Gasteiger partial charge >= 0.3 is 0 Å². The summed E-state index contributed by atoms with van der Waals surface area (Å²) in [5.74, 6) is 0.447. The van der Waals surface area contributed by atoms with Gasteiger partial charge in [0, 0.05) is 40.2 Å². The number of nitrogens with one attached hydrogen (secondary N) is 1. The molecule has 0 heterocycles. The molecule has 2 aromatic carbocycles. The number of nitrogens with zero attached hydrogens (tertiary/aromatic N) is 1. The van der Waals surface area contributed by atoms with Gasteiger partial charge in [0.15, 0.2) is 0 Å². The SMILES string of the molecule is COCCCNC(=O)C(Cc1ccccc1)N(Cc1ccc(OC)cc1)C(C)=O. The third kappa shape index (κ3) is 7.23. The first-order valence-corrected chi connectivity index (χ1v) is 9.76. The van der Waals surface area contributed by atoms with Crippen molar-refractivity contribution in [2.24, 2.45) is 0 Å². The van der Waals surface area contributed by atoms with E-state index in [-0.39, 0.29) is 11.8 Å². The predicted molar refractivity (Wildman–Crippen MR) is 113 cm³/mol. The first-order chi connectivity index (χ1) is 14.0. The summed E-state index contributed by atoms with van der Waals surface area (Å²) in [5, 5.41) is 2.94. The topological polar surface area (TPSA) is 67.9 Å². The van der Waals surface area contributed by atoms with E-state index in [0.29, 0.717) is 26.1 Å². The maximum absolute atomic E-state index is 13.0. The molecule has 6 heteroatoms. The molecular weight excluding hydrogens is 368 g/mol. The highest BCUT2D eigenvalue weighted by Gasteiger charge is 2.28. The highest BCUT2D eigenvalue weighted by Crippen LogP contribution is 2.17. The van der Waals surface area contributed by atoms with Crippen LogP contribution in [0.4, 0.5) is 0 Å². The molecule has 6 nitrogen and oxygen atoms in total. The molecule has 0 bridgehead atoms. The summed E-state index contributed by atoms with van der Waals surface area (Å²) < 4.78 is 10.2. The fourth-order valence-corrected chi connectivity index (χ4v) is 3.10. The van der Waals surface area contributed by atoms with Gasteiger partial charge in [-0.05, 0) is 29.7 Å². The lowest BCUT2D eigenvalue weighted by Crippen LogP contribution is -2.50. The molecule has 2 aromatic rings. The van der Waals surface area contributed by atoms with Gasteiger partial charge in [-0.3, -0.25) is 9.59 Å². The van der Waals surface area contributed by atoms with Gasteiger partial charge in [0.1, 0.15) is 11.8 Å². The van der Waals surface area contributed by atoms with E-state index in [1.165, 1.54) is 6.92 Å². The third-order valence-electron chi connectivity index (χ3n) is 4.69. The minimum absolute atomic E-state index is 0.145. The second-order valence-corrected chi connectivity index (χ2v) is 6.84. The number of methoxy groups -OCH3 is 2. The minimum Gasteiger partial charge on any atom is -0.497 e. The van der Waals surface area contributed by atoms with Gasteiger partial charge < -0.3 is 19.7 Å². The van der Waals surface area contributed by atoms with Crippen molar-refractivity contribution in [3.05, 3.63) is 65.7 Å². The van der Waals surface area contributed by atoms with Crippen LogP contribution in [0.25, 0.3) is 0 Å². The van der Waals surface area contributed by atoms with Crippen molar-refractivity contribution in [2.75, 3.05) is 27.4 Å². The van der Waals surface area contributed by atoms with E-state index in [0.717, 1.165) is 23.3 Å². The predicted octanol–water partition coefficient (Wildman–Crippen LogP) is 2.81. The Balaban J connectivity index is 2.20. The molecule has 1 unspecified atom stereocenters. The molecule has 0 saturated carbocycles. The summed E-state index contributed by atoms with van der Waals surface area (Å²) in [6.45, 7) is 2.93. The average Bonchev–Trinajstić information content (AvgIpc) is 2.74. The van der Waals surface area contributed by atoms with E-state index in [4.69, 9.17) is 9.47 Å². The summed E-state index contributed by atoms with van der Waals surface area (Å²) in [4.78, 5) is 27.1. The molecule has 1 N–H and O–H groups in total. The van der Waals surface area contributed by atoms with Crippen molar-refractivity contribution in [1.82, 2.24) is 10.2 Å². The lowest BCUT2D eigenvalue weighted by Gasteiger charge is -2.30.